The number of carboxylic acid groups (broad SMARTS) is 2. The summed E-state index contributed by atoms with van der Waals surface area (Å²) in [7, 11) is 0. The molecule has 2 aliphatic rings. The van der Waals surface area contributed by atoms with Crippen molar-refractivity contribution in [1.29, 1.82) is 0 Å². The van der Waals surface area contributed by atoms with Crippen LogP contribution in [0.4, 0.5) is 16.6 Å². The summed E-state index contributed by atoms with van der Waals surface area (Å²) in [5.74, 6) is -4.86. The van der Waals surface area contributed by atoms with Crippen molar-refractivity contribution < 1.29 is 43.6 Å². The summed E-state index contributed by atoms with van der Waals surface area (Å²) in [4.78, 5) is 76.8. The quantitative estimate of drug-likeness (QED) is 0.0685. The second-order valence-electron chi connectivity index (χ2n) is 10.3. The zero-order chi connectivity index (χ0) is 32.3. The van der Waals surface area contributed by atoms with Crippen molar-refractivity contribution in [3.05, 3.63) is 34.9 Å². The molecule has 1 saturated heterocycles. The number of Topliss-reactive ketones (excluding diaryl/α,β-unsaturated/α-hetero) is 1. The van der Waals surface area contributed by atoms with Crippen LogP contribution in [0.3, 0.4) is 0 Å². The fourth-order valence-corrected chi connectivity index (χ4v) is 6.24. The van der Waals surface area contributed by atoms with Crippen LogP contribution in [0.15, 0.2) is 34.3 Å². The minimum absolute atomic E-state index is 0.0283. The van der Waals surface area contributed by atoms with E-state index in [0.29, 0.717) is 5.57 Å². The van der Waals surface area contributed by atoms with Crippen molar-refractivity contribution in [3.8, 4) is 0 Å². The second-order valence-corrected chi connectivity index (χ2v) is 12.2. The third-order valence-corrected chi connectivity index (χ3v) is 8.68. The maximum Gasteiger partial charge on any atom is 0.352 e. The summed E-state index contributed by atoms with van der Waals surface area (Å²) in [5.41, 5.74) is 15.4. The number of ketones is 1. The lowest BCUT2D eigenvalue weighted by Crippen LogP contribution is -2.62. The molecule has 0 spiro atoms. The maximum absolute atomic E-state index is 13.4. The van der Waals surface area contributed by atoms with Gasteiger partial charge in [0.2, 0.25) is 17.4 Å². The smallest absolute Gasteiger partial charge is 0.352 e. The van der Waals surface area contributed by atoms with E-state index >= 15 is 0 Å². The predicted molar refractivity (Wildman–Crippen MR) is 158 cm³/mol. The SMILES string of the molecule is CC(C)(O/N=C(\C(=O)C[C@@H]1C(=O)N2C(C(=O)O)=C(C[n+]3cnc(N)c(NC(=O)CCN)c3)CSC12)c1csc(N)n1)C(=O)O. The number of thiazole rings is 1. The van der Waals surface area contributed by atoms with Crippen LogP contribution in [-0.4, -0.2) is 83.6 Å². The minimum Gasteiger partial charge on any atom is -0.478 e. The summed E-state index contributed by atoms with van der Waals surface area (Å²) in [6, 6.07) is 0. The number of hydrogen-bond donors (Lipinski definition) is 6. The van der Waals surface area contributed by atoms with Gasteiger partial charge in [0.05, 0.1) is 11.3 Å². The molecule has 2 amide bonds. The molecular formula is C25H30N9O8S2+. The van der Waals surface area contributed by atoms with Gasteiger partial charge in [0, 0.05) is 36.1 Å². The molecule has 234 valence electrons. The molecule has 2 aromatic heterocycles. The minimum atomic E-state index is -1.76. The number of nitrogen functional groups attached to an aromatic ring is 2. The Morgan fingerprint density at radius 2 is 2.00 bits per heavy atom. The summed E-state index contributed by atoms with van der Waals surface area (Å²) in [6.45, 7) is 2.66. The number of aromatic nitrogens is 3. The number of thioether (sulfide) groups is 1. The molecule has 0 aliphatic carbocycles. The third-order valence-electron chi connectivity index (χ3n) is 6.61. The van der Waals surface area contributed by atoms with Crippen LogP contribution in [0.1, 0.15) is 32.4 Å². The normalized spacial score (nSPS) is 18.4. The molecule has 2 aliphatic heterocycles. The Balaban J connectivity index is 1.54. The summed E-state index contributed by atoms with van der Waals surface area (Å²) < 4.78 is 1.53. The van der Waals surface area contributed by atoms with Gasteiger partial charge in [-0.15, -0.1) is 23.1 Å². The van der Waals surface area contributed by atoms with Crippen molar-refractivity contribution in [2.24, 2.45) is 16.8 Å². The first-order valence-electron chi connectivity index (χ1n) is 13.0. The van der Waals surface area contributed by atoms with Gasteiger partial charge in [0.15, 0.2) is 22.3 Å². The van der Waals surface area contributed by atoms with E-state index in [9.17, 15) is 34.2 Å². The molecule has 0 radical (unpaired) electrons. The van der Waals surface area contributed by atoms with Crippen molar-refractivity contribution >= 4 is 75.0 Å². The molecule has 0 bridgehead atoms. The van der Waals surface area contributed by atoms with Crippen LogP contribution in [0.5, 0.6) is 0 Å². The molecule has 44 heavy (non-hydrogen) atoms. The average Bonchev–Trinajstić information content (AvgIpc) is 3.38. The highest BCUT2D eigenvalue weighted by atomic mass is 32.2. The van der Waals surface area contributed by atoms with Crippen molar-refractivity contribution in [2.45, 2.75) is 44.2 Å². The number of amides is 2. The number of nitrogens with two attached hydrogens (primary N) is 3. The number of carbonyl (C=O) groups is 5. The number of anilines is 3. The fraction of sp³-hybridized carbons (Fsp3) is 0.400. The zero-order valence-electron chi connectivity index (χ0n) is 23.6. The van der Waals surface area contributed by atoms with Gasteiger partial charge in [0.25, 0.3) is 12.1 Å². The van der Waals surface area contributed by atoms with Crippen LogP contribution in [-0.2, 0) is 35.4 Å². The van der Waals surface area contributed by atoms with Gasteiger partial charge in [-0.3, -0.25) is 19.3 Å². The molecule has 1 fully saturated rings. The lowest BCUT2D eigenvalue weighted by atomic mass is 9.89. The Labute approximate surface area is 258 Å². The lowest BCUT2D eigenvalue weighted by Gasteiger charge is -2.49. The molecule has 0 aromatic carbocycles. The number of β-lactam (4-membered cyclic amide) rings is 1. The van der Waals surface area contributed by atoms with Crippen molar-refractivity contribution in [3.63, 3.8) is 0 Å². The number of carbonyl (C=O) groups excluding carboxylic acids is 3. The molecule has 2 atom stereocenters. The van der Waals surface area contributed by atoms with Gasteiger partial charge in [-0.05, 0) is 18.8 Å². The van der Waals surface area contributed by atoms with Gasteiger partial charge in [-0.1, -0.05) is 5.16 Å². The van der Waals surface area contributed by atoms with Crippen molar-refractivity contribution in [2.75, 3.05) is 29.1 Å². The van der Waals surface area contributed by atoms with Crippen LogP contribution >= 0.6 is 23.1 Å². The number of nitrogens with one attached hydrogen (secondary N) is 1. The number of nitrogens with zero attached hydrogens (tertiary/aromatic N) is 5. The van der Waals surface area contributed by atoms with Crippen LogP contribution in [0, 0.1) is 5.92 Å². The van der Waals surface area contributed by atoms with Crippen LogP contribution < -0.4 is 27.1 Å². The van der Waals surface area contributed by atoms with E-state index in [1.165, 1.54) is 48.1 Å². The molecule has 4 heterocycles. The summed E-state index contributed by atoms with van der Waals surface area (Å²) in [5, 5.41) is 26.7. The first-order chi connectivity index (χ1) is 20.7. The van der Waals surface area contributed by atoms with Gasteiger partial charge in [-0.25, -0.2) is 19.1 Å². The molecule has 17 nitrogen and oxygen atoms in total. The molecule has 0 saturated carbocycles. The third kappa shape index (κ3) is 6.79. The largest absolute Gasteiger partial charge is 0.478 e. The lowest BCUT2D eigenvalue weighted by molar-refractivity contribution is -0.691. The molecular weight excluding hydrogens is 618 g/mol. The number of aliphatic carboxylic acids is 2. The Hall–Kier alpha value is -4.62. The van der Waals surface area contributed by atoms with Crippen LogP contribution in [0.2, 0.25) is 0 Å². The van der Waals surface area contributed by atoms with E-state index in [1.54, 1.807) is 0 Å². The fourth-order valence-electron chi connectivity index (χ4n) is 4.29. The Bertz CT molecular complexity index is 1590. The second kappa shape index (κ2) is 12.9. The monoisotopic (exact) mass is 648 g/mol. The molecule has 2 aromatic rings. The molecule has 4 rings (SSSR count). The van der Waals surface area contributed by atoms with Gasteiger partial charge >= 0.3 is 11.9 Å². The Morgan fingerprint density at radius 3 is 2.61 bits per heavy atom. The first kappa shape index (κ1) is 32.3. The maximum atomic E-state index is 13.4. The van der Waals surface area contributed by atoms with Gasteiger partial charge in [0.1, 0.15) is 24.1 Å². The number of rotatable bonds is 13. The number of hydrogen-bond acceptors (Lipinski definition) is 14. The van der Waals surface area contributed by atoms with Crippen molar-refractivity contribution in [1.82, 2.24) is 14.9 Å². The number of fused-ring (bicyclic) bond motifs is 1. The summed E-state index contributed by atoms with van der Waals surface area (Å²) >= 11 is 2.31. The zero-order valence-corrected chi connectivity index (χ0v) is 25.2. The highest BCUT2D eigenvalue weighted by molar-refractivity contribution is 8.00. The van der Waals surface area contributed by atoms with E-state index in [4.69, 9.17) is 22.0 Å². The predicted octanol–water partition coefficient (Wildman–Crippen LogP) is -0.609. The molecule has 9 N–H and O–H groups in total. The Morgan fingerprint density at radius 1 is 1.27 bits per heavy atom. The molecule has 1 unspecified atom stereocenters. The van der Waals surface area contributed by atoms with E-state index in [0.717, 1.165) is 16.2 Å². The first-order valence-corrected chi connectivity index (χ1v) is 14.9. The average molecular weight is 649 g/mol. The number of carboxylic acids is 2. The number of oxime groups is 1. The summed E-state index contributed by atoms with van der Waals surface area (Å²) in [6.07, 6.45) is 2.58. The van der Waals surface area contributed by atoms with Crippen LogP contribution in [0.25, 0.3) is 0 Å². The standard InChI is InChI=1S/C25H29N9O8S2/c1-25(2,23(40)41)42-32-17(14-9-44-24(28)31-14)15(35)5-12-20(37)34-18(22(38)39)11(8-43-21(12)34)6-33-7-13(19(27)29-10-33)30-16(36)3-4-26/h7,9-10,12,21,27H,3-6,8,26H2,1-2H3,(H5,28,30,31,36,38,39,40,41)/p+1/b32-17-/t12-,21?/m1/s1. The van der Waals surface area contributed by atoms with Gasteiger partial charge in [-0.2, -0.15) is 0 Å². The highest BCUT2D eigenvalue weighted by Gasteiger charge is 2.54. The van der Waals surface area contributed by atoms with E-state index < -0.39 is 40.5 Å². The topological polar surface area (TPSA) is 270 Å². The van der Waals surface area contributed by atoms with E-state index in [2.05, 4.69) is 20.4 Å². The molecule has 19 heteroatoms. The van der Waals surface area contributed by atoms with Gasteiger partial charge < -0.3 is 37.6 Å². The van der Waals surface area contributed by atoms with E-state index in [1.807, 2.05) is 0 Å². The highest BCUT2D eigenvalue weighted by Crippen LogP contribution is 2.45. The van der Waals surface area contributed by atoms with E-state index in [-0.39, 0.29) is 71.3 Å². The Kier molecular flexibility index (Phi) is 9.50.